The van der Waals surface area contributed by atoms with Crippen molar-refractivity contribution in [3.63, 3.8) is 0 Å². The fourth-order valence-electron chi connectivity index (χ4n) is 2.56. The van der Waals surface area contributed by atoms with Gasteiger partial charge in [0.25, 0.3) is 0 Å². The molecule has 2 aromatic carbocycles. The van der Waals surface area contributed by atoms with E-state index in [1.807, 2.05) is 12.1 Å². The van der Waals surface area contributed by atoms with Crippen LogP contribution in [0.15, 0.2) is 48.5 Å². The predicted octanol–water partition coefficient (Wildman–Crippen LogP) is 3.60. The van der Waals surface area contributed by atoms with E-state index < -0.39 is 0 Å². The normalized spacial score (nSPS) is 10.8. The zero-order valence-electron chi connectivity index (χ0n) is 13.2. The molecule has 0 saturated carbocycles. The first kappa shape index (κ1) is 16.3. The molecule has 3 rings (SSSR count). The maximum atomic E-state index is 11.9. The fourth-order valence-corrected chi connectivity index (χ4v) is 3.62. The van der Waals surface area contributed by atoms with Gasteiger partial charge in [-0.15, -0.1) is 11.3 Å². The molecule has 0 saturated heterocycles. The summed E-state index contributed by atoms with van der Waals surface area (Å²) >= 11 is 1.73. The van der Waals surface area contributed by atoms with Gasteiger partial charge in [-0.05, 0) is 48.1 Å². The Kier molecular flexibility index (Phi) is 5.01. The van der Waals surface area contributed by atoms with Crippen LogP contribution in [0.5, 0.6) is 11.5 Å². The van der Waals surface area contributed by atoms with Gasteiger partial charge in [0.1, 0.15) is 0 Å². The summed E-state index contributed by atoms with van der Waals surface area (Å²) in [5.74, 6) is -0.245. The van der Waals surface area contributed by atoms with E-state index in [2.05, 4.69) is 23.5 Å². The second kappa shape index (κ2) is 7.36. The third-order valence-electron chi connectivity index (χ3n) is 3.85. The maximum absolute atomic E-state index is 11.9. The zero-order chi connectivity index (χ0) is 16.9. The number of carbonyl (C=O) groups excluding carboxylic acids is 1. The van der Waals surface area contributed by atoms with E-state index in [4.69, 9.17) is 0 Å². The molecule has 124 valence electrons. The summed E-state index contributed by atoms with van der Waals surface area (Å²) in [6, 6.07) is 15.1. The van der Waals surface area contributed by atoms with Crippen LogP contribution in [0, 0.1) is 0 Å². The van der Waals surface area contributed by atoms with Crippen LogP contribution in [-0.4, -0.2) is 22.7 Å². The van der Waals surface area contributed by atoms with Crippen molar-refractivity contribution in [3.05, 3.63) is 59.0 Å². The monoisotopic (exact) mass is 341 g/mol. The van der Waals surface area contributed by atoms with Crippen LogP contribution in [0.25, 0.3) is 10.1 Å². The lowest BCUT2D eigenvalue weighted by Gasteiger charge is -2.06. The molecule has 1 amide bonds. The molecule has 0 fully saturated rings. The van der Waals surface area contributed by atoms with Crippen molar-refractivity contribution in [2.24, 2.45) is 0 Å². The summed E-state index contributed by atoms with van der Waals surface area (Å²) in [6.45, 7) is 0.509. The van der Waals surface area contributed by atoms with Crippen molar-refractivity contribution < 1.29 is 15.0 Å². The molecule has 0 aliphatic heterocycles. The minimum absolute atomic E-state index is 0.0236. The maximum Gasteiger partial charge on any atom is 0.220 e. The highest BCUT2D eigenvalue weighted by molar-refractivity contribution is 7.19. The minimum Gasteiger partial charge on any atom is -0.504 e. The molecule has 1 aromatic heterocycles. The molecule has 5 heteroatoms. The number of phenolic OH excluding ortho intramolecular Hbond substituents is 2. The molecular formula is C19H19NO3S. The van der Waals surface area contributed by atoms with Gasteiger partial charge >= 0.3 is 0 Å². The number of hydrogen-bond donors (Lipinski definition) is 3. The number of amides is 1. The Labute approximate surface area is 144 Å². The van der Waals surface area contributed by atoms with E-state index in [9.17, 15) is 15.0 Å². The summed E-state index contributed by atoms with van der Waals surface area (Å²) in [6.07, 6.45) is 1.82. The number of carbonyl (C=O) groups is 1. The Balaban J connectivity index is 1.44. The highest BCUT2D eigenvalue weighted by Gasteiger charge is 2.06. The van der Waals surface area contributed by atoms with Gasteiger partial charge in [0.15, 0.2) is 11.5 Å². The largest absolute Gasteiger partial charge is 0.504 e. The highest BCUT2D eigenvalue weighted by atomic mass is 32.1. The van der Waals surface area contributed by atoms with Crippen molar-refractivity contribution in [1.82, 2.24) is 5.32 Å². The smallest absolute Gasteiger partial charge is 0.220 e. The first-order valence-corrected chi connectivity index (χ1v) is 8.68. The summed E-state index contributed by atoms with van der Waals surface area (Å²) in [7, 11) is 0. The predicted molar refractivity (Wildman–Crippen MR) is 96.6 cm³/mol. The average molecular weight is 341 g/mol. The van der Waals surface area contributed by atoms with Gasteiger partial charge in [-0.25, -0.2) is 0 Å². The number of thiophene rings is 1. The molecular weight excluding hydrogens is 322 g/mol. The molecule has 0 radical (unpaired) electrons. The van der Waals surface area contributed by atoms with Crippen LogP contribution in [0.4, 0.5) is 0 Å². The lowest BCUT2D eigenvalue weighted by molar-refractivity contribution is -0.121. The number of rotatable bonds is 6. The van der Waals surface area contributed by atoms with Crippen molar-refractivity contribution in [1.29, 1.82) is 0 Å². The van der Waals surface area contributed by atoms with Crippen LogP contribution < -0.4 is 5.32 Å². The molecule has 4 nitrogen and oxygen atoms in total. The Morgan fingerprint density at radius 1 is 1.00 bits per heavy atom. The van der Waals surface area contributed by atoms with Gasteiger partial charge in [-0.1, -0.05) is 24.3 Å². The molecule has 0 unspecified atom stereocenters. The molecule has 24 heavy (non-hydrogen) atoms. The quantitative estimate of drug-likeness (QED) is 0.600. The van der Waals surface area contributed by atoms with E-state index in [0.29, 0.717) is 19.4 Å². The molecule has 1 heterocycles. The standard InChI is InChI=1S/C19H19NO3S/c21-16-7-5-13(11-17(16)22)9-10-20-19(23)8-6-15-12-14-3-1-2-4-18(14)24-15/h1-5,7,11-12,21-22H,6,8-10H2,(H,20,23). The summed E-state index contributed by atoms with van der Waals surface area (Å²) < 4.78 is 1.25. The molecule has 0 spiro atoms. The zero-order valence-corrected chi connectivity index (χ0v) is 14.0. The number of benzene rings is 2. The Hall–Kier alpha value is -2.53. The van der Waals surface area contributed by atoms with Gasteiger partial charge in [0, 0.05) is 22.5 Å². The van der Waals surface area contributed by atoms with Gasteiger partial charge in [-0.2, -0.15) is 0 Å². The van der Waals surface area contributed by atoms with Crippen LogP contribution in [0.2, 0.25) is 0 Å². The van der Waals surface area contributed by atoms with Crippen molar-refractivity contribution in [3.8, 4) is 11.5 Å². The minimum atomic E-state index is -0.136. The molecule has 0 bridgehead atoms. The third kappa shape index (κ3) is 4.06. The van der Waals surface area contributed by atoms with Crippen LogP contribution in [-0.2, 0) is 17.6 Å². The second-order valence-electron chi connectivity index (χ2n) is 5.67. The number of phenols is 2. The number of nitrogens with one attached hydrogen (secondary N) is 1. The van der Waals surface area contributed by atoms with Gasteiger partial charge in [-0.3, -0.25) is 4.79 Å². The number of fused-ring (bicyclic) bond motifs is 1. The van der Waals surface area contributed by atoms with E-state index in [1.54, 1.807) is 17.4 Å². The van der Waals surface area contributed by atoms with Crippen molar-refractivity contribution in [2.45, 2.75) is 19.3 Å². The fraction of sp³-hybridized carbons (Fsp3) is 0.211. The molecule has 0 atom stereocenters. The Bertz CT molecular complexity index is 824. The van der Waals surface area contributed by atoms with Gasteiger partial charge < -0.3 is 15.5 Å². The molecule has 0 aliphatic rings. The first-order valence-electron chi connectivity index (χ1n) is 7.87. The topological polar surface area (TPSA) is 69.6 Å². The van der Waals surface area contributed by atoms with E-state index in [-0.39, 0.29) is 17.4 Å². The molecule has 3 aromatic rings. The highest BCUT2D eigenvalue weighted by Crippen LogP contribution is 2.26. The van der Waals surface area contributed by atoms with E-state index in [0.717, 1.165) is 12.0 Å². The number of aryl methyl sites for hydroxylation is 1. The Morgan fingerprint density at radius 2 is 1.83 bits per heavy atom. The lowest BCUT2D eigenvalue weighted by Crippen LogP contribution is -2.25. The Morgan fingerprint density at radius 3 is 2.62 bits per heavy atom. The lowest BCUT2D eigenvalue weighted by atomic mass is 10.1. The molecule has 3 N–H and O–H groups in total. The van der Waals surface area contributed by atoms with Gasteiger partial charge in [0.05, 0.1) is 0 Å². The van der Waals surface area contributed by atoms with E-state index >= 15 is 0 Å². The third-order valence-corrected chi connectivity index (χ3v) is 5.03. The van der Waals surface area contributed by atoms with E-state index in [1.165, 1.54) is 27.1 Å². The number of aromatic hydroxyl groups is 2. The van der Waals surface area contributed by atoms with Crippen molar-refractivity contribution >= 4 is 27.3 Å². The average Bonchev–Trinajstić information content (AvgIpc) is 2.99. The van der Waals surface area contributed by atoms with Crippen molar-refractivity contribution in [2.75, 3.05) is 6.54 Å². The summed E-state index contributed by atoms with van der Waals surface area (Å²) in [5, 5.41) is 22.8. The van der Waals surface area contributed by atoms with Crippen LogP contribution in [0.1, 0.15) is 16.9 Å². The second-order valence-corrected chi connectivity index (χ2v) is 6.84. The summed E-state index contributed by atoms with van der Waals surface area (Å²) in [5.41, 5.74) is 0.870. The first-order chi connectivity index (χ1) is 11.6. The van der Waals surface area contributed by atoms with Crippen LogP contribution in [0.3, 0.4) is 0 Å². The molecule has 0 aliphatic carbocycles. The summed E-state index contributed by atoms with van der Waals surface area (Å²) in [4.78, 5) is 13.2. The van der Waals surface area contributed by atoms with Gasteiger partial charge in [0.2, 0.25) is 5.91 Å². The SMILES string of the molecule is O=C(CCc1cc2ccccc2s1)NCCc1ccc(O)c(O)c1. The van der Waals surface area contributed by atoms with Crippen LogP contribution >= 0.6 is 11.3 Å². The number of hydrogen-bond acceptors (Lipinski definition) is 4.